The van der Waals surface area contributed by atoms with E-state index >= 15 is 0 Å². The second kappa shape index (κ2) is 6.85. The number of nitrogens with two attached hydrogens (primary N) is 1. The first-order chi connectivity index (χ1) is 8.79. The quantitative estimate of drug-likeness (QED) is 0.580. The molecule has 1 aromatic rings. The molecule has 0 spiro atoms. The highest BCUT2D eigenvalue weighted by Crippen LogP contribution is 2.31. The summed E-state index contributed by atoms with van der Waals surface area (Å²) in [5.41, 5.74) is 6.48. The molecule has 5 heteroatoms. The smallest absolute Gasteiger partial charge is 0.238 e. The fourth-order valence-corrected chi connectivity index (χ4v) is 2.27. The first-order valence-electron chi connectivity index (χ1n) is 6.30. The van der Waals surface area contributed by atoms with Crippen LogP contribution in [-0.2, 0) is 4.74 Å². The molecule has 1 aliphatic carbocycles. The van der Waals surface area contributed by atoms with Crippen LogP contribution in [0.15, 0.2) is 17.2 Å². The Morgan fingerprint density at radius 3 is 3.00 bits per heavy atom. The fraction of sp³-hybridized carbons (Fsp3) is 0.615. The molecule has 1 aliphatic rings. The normalized spacial score (nSPS) is 14.7. The number of hydrogen-bond acceptors (Lipinski definition) is 5. The Morgan fingerprint density at radius 2 is 2.28 bits per heavy atom. The molecule has 1 heterocycles. The van der Waals surface area contributed by atoms with Crippen molar-refractivity contribution < 1.29 is 9.47 Å². The van der Waals surface area contributed by atoms with Crippen LogP contribution < -0.4 is 10.5 Å². The van der Waals surface area contributed by atoms with Crippen LogP contribution in [0.3, 0.4) is 0 Å². The van der Waals surface area contributed by atoms with Gasteiger partial charge in [0.2, 0.25) is 5.88 Å². The van der Waals surface area contributed by atoms with Gasteiger partial charge in [-0.15, -0.1) is 11.8 Å². The minimum atomic E-state index is 0.582. The molecule has 18 heavy (non-hydrogen) atoms. The fourth-order valence-electron chi connectivity index (χ4n) is 1.49. The monoisotopic (exact) mass is 268 g/mol. The number of thioether (sulfide) groups is 1. The Morgan fingerprint density at radius 1 is 1.44 bits per heavy atom. The maximum Gasteiger partial charge on any atom is 0.238 e. The lowest BCUT2D eigenvalue weighted by Gasteiger charge is -2.08. The number of rotatable bonds is 8. The van der Waals surface area contributed by atoms with Crippen LogP contribution in [-0.4, -0.2) is 31.1 Å². The predicted octanol–water partition coefficient (Wildman–Crippen LogP) is 2.58. The van der Waals surface area contributed by atoms with Crippen molar-refractivity contribution in [3.05, 3.63) is 12.1 Å². The van der Waals surface area contributed by atoms with Gasteiger partial charge in [0.1, 0.15) is 5.03 Å². The third kappa shape index (κ3) is 4.38. The van der Waals surface area contributed by atoms with Crippen LogP contribution in [0, 0.1) is 5.92 Å². The Balaban J connectivity index is 1.83. The lowest BCUT2D eigenvalue weighted by atomic mass is 10.4. The van der Waals surface area contributed by atoms with E-state index in [-0.39, 0.29) is 0 Å². The van der Waals surface area contributed by atoms with Crippen molar-refractivity contribution in [3.63, 3.8) is 0 Å². The van der Waals surface area contributed by atoms with E-state index in [1.807, 2.05) is 12.1 Å². The zero-order chi connectivity index (χ0) is 12.8. The molecule has 1 aromatic heterocycles. The zero-order valence-corrected chi connectivity index (χ0v) is 11.5. The third-order valence-electron chi connectivity index (χ3n) is 2.76. The highest BCUT2D eigenvalue weighted by Gasteiger charge is 2.22. The molecule has 0 aromatic carbocycles. The molecule has 100 valence electrons. The summed E-state index contributed by atoms with van der Waals surface area (Å²) in [6.07, 6.45) is 3.56. The Kier molecular flexibility index (Phi) is 5.13. The maximum absolute atomic E-state index is 5.86. The Labute approximate surface area is 112 Å². The van der Waals surface area contributed by atoms with E-state index in [4.69, 9.17) is 15.2 Å². The van der Waals surface area contributed by atoms with Crippen LogP contribution in [0.25, 0.3) is 0 Å². The molecule has 4 nitrogen and oxygen atoms in total. The van der Waals surface area contributed by atoms with E-state index in [2.05, 4.69) is 4.98 Å². The van der Waals surface area contributed by atoms with Gasteiger partial charge >= 0.3 is 0 Å². The molecule has 0 aliphatic heterocycles. The van der Waals surface area contributed by atoms with Crippen molar-refractivity contribution >= 4 is 17.4 Å². The Bertz CT molecular complexity index is 383. The van der Waals surface area contributed by atoms with E-state index in [0.29, 0.717) is 17.5 Å². The van der Waals surface area contributed by atoms with E-state index in [0.717, 1.165) is 30.4 Å². The first-order valence-corrected chi connectivity index (χ1v) is 7.29. The van der Waals surface area contributed by atoms with Gasteiger partial charge < -0.3 is 15.2 Å². The molecule has 1 fully saturated rings. The molecular weight excluding hydrogens is 248 g/mol. The summed E-state index contributed by atoms with van der Waals surface area (Å²) >= 11 is 1.71. The van der Waals surface area contributed by atoms with Gasteiger partial charge in [0.05, 0.1) is 12.3 Å². The van der Waals surface area contributed by atoms with E-state index < -0.39 is 0 Å². The lowest BCUT2D eigenvalue weighted by Crippen LogP contribution is -2.04. The van der Waals surface area contributed by atoms with Crippen molar-refractivity contribution in [2.45, 2.75) is 24.3 Å². The summed E-state index contributed by atoms with van der Waals surface area (Å²) in [7, 11) is 1.72. The molecule has 0 unspecified atom stereocenters. The summed E-state index contributed by atoms with van der Waals surface area (Å²) in [6.45, 7) is 1.53. The number of nitrogen functional groups attached to an aromatic ring is 1. The van der Waals surface area contributed by atoms with Gasteiger partial charge in [0.25, 0.3) is 0 Å². The SMILES string of the molecule is COCCCSc1ccc(N)c(OCC2CC2)n1. The topological polar surface area (TPSA) is 57.4 Å². The standard InChI is InChI=1S/C13H20N2O2S/c1-16-7-2-8-18-12-6-5-11(14)13(15-12)17-9-10-3-4-10/h5-6,10H,2-4,7-9,14H2,1H3. The minimum Gasteiger partial charge on any atom is -0.476 e. The zero-order valence-electron chi connectivity index (χ0n) is 10.7. The molecule has 0 amide bonds. The average molecular weight is 268 g/mol. The van der Waals surface area contributed by atoms with Crippen molar-refractivity contribution in [2.75, 3.05) is 31.8 Å². The van der Waals surface area contributed by atoms with Crippen LogP contribution in [0.2, 0.25) is 0 Å². The summed E-state index contributed by atoms with van der Waals surface area (Å²) in [5.74, 6) is 2.29. The van der Waals surface area contributed by atoms with E-state index in [1.54, 1.807) is 18.9 Å². The van der Waals surface area contributed by atoms with Gasteiger partial charge in [-0.05, 0) is 37.3 Å². The largest absolute Gasteiger partial charge is 0.476 e. The predicted molar refractivity (Wildman–Crippen MR) is 74.1 cm³/mol. The van der Waals surface area contributed by atoms with Gasteiger partial charge in [-0.2, -0.15) is 0 Å². The van der Waals surface area contributed by atoms with Crippen LogP contribution in [0.4, 0.5) is 5.69 Å². The van der Waals surface area contributed by atoms with Crippen molar-refractivity contribution in [1.29, 1.82) is 0 Å². The van der Waals surface area contributed by atoms with E-state index in [9.17, 15) is 0 Å². The molecule has 2 N–H and O–H groups in total. The first kappa shape index (κ1) is 13.5. The molecule has 0 saturated heterocycles. The number of anilines is 1. The molecule has 0 atom stereocenters. The van der Waals surface area contributed by atoms with Crippen LogP contribution in [0.1, 0.15) is 19.3 Å². The number of hydrogen-bond donors (Lipinski definition) is 1. The molecular formula is C13H20N2O2S. The summed E-state index contributed by atoms with van der Waals surface area (Å²) in [6, 6.07) is 3.81. The van der Waals surface area contributed by atoms with Gasteiger partial charge in [-0.3, -0.25) is 0 Å². The average Bonchev–Trinajstić information content (AvgIpc) is 3.19. The molecule has 0 bridgehead atoms. The van der Waals surface area contributed by atoms with Gasteiger partial charge in [0, 0.05) is 19.5 Å². The molecule has 1 saturated carbocycles. The van der Waals surface area contributed by atoms with Gasteiger partial charge in [0.15, 0.2) is 0 Å². The van der Waals surface area contributed by atoms with E-state index in [1.165, 1.54) is 12.8 Å². The van der Waals surface area contributed by atoms with Crippen LogP contribution in [0.5, 0.6) is 5.88 Å². The summed E-state index contributed by atoms with van der Waals surface area (Å²) < 4.78 is 10.7. The molecule has 2 rings (SSSR count). The van der Waals surface area contributed by atoms with Crippen molar-refractivity contribution in [1.82, 2.24) is 4.98 Å². The van der Waals surface area contributed by atoms with Gasteiger partial charge in [-0.1, -0.05) is 0 Å². The van der Waals surface area contributed by atoms with Gasteiger partial charge in [-0.25, -0.2) is 4.98 Å². The number of methoxy groups -OCH3 is 1. The summed E-state index contributed by atoms with van der Waals surface area (Å²) in [4.78, 5) is 4.44. The maximum atomic E-state index is 5.86. The number of nitrogens with zero attached hydrogens (tertiary/aromatic N) is 1. The highest BCUT2D eigenvalue weighted by atomic mass is 32.2. The number of aromatic nitrogens is 1. The van der Waals surface area contributed by atoms with Crippen molar-refractivity contribution in [3.8, 4) is 5.88 Å². The van der Waals surface area contributed by atoms with Crippen LogP contribution >= 0.6 is 11.8 Å². The summed E-state index contributed by atoms with van der Waals surface area (Å²) in [5, 5.41) is 0.964. The number of ether oxygens (including phenoxy) is 2. The second-order valence-corrected chi connectivity index (χ2v) is 5.61. The highest BCUT2D eigenvalue weighted by molar-refractivity contribution is 7.99. The second-order valence-electron chi connectivity index (χ2n) is 4.49. The van der Waals surface area contributed by atoms with Crippen molar-refractivity contribution in [2.24, 2.45) is 5.92 Å². The third-order valence-corrected chi connectivity index (χ3v) is 3.78. The minimum absolute atomic E-state index is 0.582. The Hall–Kier alpha value is -0.940. The number of pyridine rings is 1. The molecule has 0 radical (unpaired) electrons. The lowest BCUT2D eigenvalue weighted by molar-refractivity contribution is 0.200.